The van der Waals surface area contributed by atoms with Crippen LogP contribution >= 0.6 is 0 Å². The van der Waals surface area contributed by atoms with E-state index in [1.807, 2.05) is 33.8 Å². The zero-order valence-electron chi connectivity index (χ0n) is 13.3. The van der Waals surface area contributed by atoms with Crippen LogP contribution in [-0.4, -0.2) is 24.3 Å². The minimum Gasteiger partial charge on any atom is -0.444 e. The number of carbonyl (C=O) groups is 1. The molecule has 4 heteroatoms. The molecule has 1 rings (SSSR count). The molecule has 1 aromatic rings. The Morgan fingerprint density at radius 2 is 1.90 bits per heavy atom. The normalized spacial score (nSPS) is 12.7. The smallest absolute Gasteiger partial charge is 0.407 e. The van der Waals surface area contributed by atoms with Gasteiger partial charge in [0.2, 0.25) is 0 Å². The molecule has 0 aromatic heterocycles. The van der Waals surface area contributed by atoms with Crippen molar-refractivity contribution in [3.63, 3.8) is 0 Å². The molecule has 0 fully saturated rings. The third-order valence-electron chi connectivity index (χ3n) is 2.87. The fraction of sp³-hybridized carbons (Fsp3) is 0.562. The van der Waals surface area contributed by atoms with Gasteiger partial charge in [0.25, 0.3) is 0 Å². The van der Waals surface area contributed by atoms with E-state index in [1.165, 1.54) is 11.1 Å². The Morgan fingerprint density at radius 1 is 1.25 bits per heavy atom. The van der Waals surface area contributed by atoms with E-state index >= 15 is 0 Å². The topological polar surface area (TPSA) is 50.4 Å². The van der Waals surface area contributed by atoms with E-state index in [2.05, 4.69) is 36.6 Å². The summed E-state index contributed by atoms with van der Waals surface area (Å²) in [6, 6.07) is 6.38. The van der Waals surface area contributed by atoms with Gasteiger partial charge in [0.15, 0.2) is 0 Å². The minimum atomic E-state index is -0.463. The molecule has 1 aromatic carbocycles. The number of anilines is 1. The standard InChI is InChI=1S/C16H26N2O2/c1-11-7-8-14(9-12(11)2)18-13(3)10-17-15(19)20-16(4,5)6/h7-9,13,18H,10H2,1-6H3,(H,17,19). The third-order valence-corrected chi connectivity index (χ3v) is 2.87. The van der Waals surface area contributed by atoms with Crippen LogP contribution in [0.2, 0.25) is 0 Å². The van der Waals surface area contributed by atoms with Gasteiger partial charge >= 0.3 is 6.09 Å². The number of hydrogen-bond donors (Lipinski definition) is 2. The summed E-state index contributed by atoms with van der Waals surface area (Å²) in [6.45, 7) is 12.3. The summed E-state index contributed by atoms with van der Waals surface area (Å²) in [5, 5.41) is 6.12. The second kappa shape index (κ2) is 6.64. The highest BCUT2D eigenvalue weighted by atomic mass is 16.6. The van der Waals surface area contributed by atoms with Crippen LogP contribution in [0, 0.1) is 13.8 Å². The van der Waals surface area contributed by atoms with Crippen LogP contribution in [0.4, 0.5) is 10.5 Å². The van der Waals surface area contributed by atoms with Crippen molar-refractivity contribution in [3.8, 4) is 0 Å². The molecular weight excluding hydrogens is 252 g/mol. The van der Waals surface area contributed by atoms with E-state index in [1.54, 1.807) is 0 Å². The summed E-state index contributed by atoms with van der Waals surface area (Å²) < 4.78 is 5.20. The van der Waals surface area contributed by atoms with Gasteiger partial charge in [0.05, 0.1) is 0 Å². The number of amides is 1. The highest BCUT2D eigenvalue weighted by Gasteiger charge is 2.16. The van der Waals surface area contributed by atoms with Crippen LogP contribution in [0.3, 0.4) is 0 Å². The molecule has 0 saturated carbocycles. The van der Waals surface area contributed by atoms with Crippen LogP contribution in [0.15, 0.2) is 18.2 Å². The van der Waals surface area contributed by atoms with E-state index in [9.17, 15) is 4.79 Å². The lowest BCUT2D eigenvalue weighted by Crippen LogP contribution is -2.38. The van der Waals surface area contributed by atoms with Gasteiger partial charge in [-0.15, -0.1) is 0 Å². The van der Waals surface area contributed by atoms with E-state index < -0.39 is 5.60 Å². The maximum absolute atomic E-state index is 11.6. The Kier molecular flexibility index (Phi) is 5.43. The summed E-state index contributed by atoms with van der Waals surface area (Å²) >= 11 is 0. The van der Waals surface area contributed by atoms with Gasteiger partial charge in [-0.3, -0.25) is 0 Å². The van der Waals surface area contributed by atoms with E-state index in [-0.39, 0.29) is 12.1 Å². The van der Waals surface area contributed by atoms with Crippen molar-refractivity contribution in [2.75, 3.05) is 11.9 Å². The molecule has 112 valence electrons. The Bertz CT molecular complexity index is 464. The molecule has 1 amide bonds. The first-order valence-electron chi connectivity index (χ1n) is 6.98. The number of hydrogen-bond acceptors (Lipinski definition) is 3. The Labute approximate surface area is 121 Å². The van der Waals surface area contributed by atoms with Gasteiger partial charge in [-0.05, 0) is 64.8 Å². The van der Waals surface area contributed by atoms with Gasteiger partial charge in [-0.25, -0.2) is 4.79 Å². The SMILES string of the molecule is Cc1ccc(NC(C)CNC(=O)OC(C)(C)C)cc1C. The molecule has 20 heavy (non-hydrogen) atoms. The van der Waals surface area contributed by atoms with Crippen molar-refractivity contribution in [2.24, 2.45) is 0 Å². The second-order valence-corrected chi connectivity index (χ2v) is 6.23. The van der Waals surface area contributed by atoms with E-state index in [0.29, 0.717) is 6.54 Å². The second-order valence-electron chi connectivity index (χ2n) is 6.23. The largest absolute Gasteiger partial charge is 0.444 e. The van der Waals surface area contributed by atoms with E-state index in [4.69, 9.17) is 4.74 Å². The van der Waals surface area contributed by atoms with Crippen molar-refractivity contribution in [2.45, 2.75) is 53.2 Å². The van der Waals surface area contributed by atoms with Crippen LogP contribution in [-0.2, 0) is 4.74 Å². The molecule has 0 heterocycles. The molecule has 0 aliphatic rings. The summed E-state index contributed by atoms with van der Waals surface area (Å²) in [5.41, 5.74) is 3.12. The summed E-state index contributed by atoms with van der Waals surface area (Å²) in [7, 11) is 0. The Balaban J connectivity index is 2.42. The summed E-state index contributed by atoms with van der Waals surface area (Å²) in [4.78, 5) is 11.6. The molecule has 1 atom stereocenters. The first-order chi connectivity index (χ1) is 9.17. The zero-order chi connectivity index (χ0) is 15.3. The van der Waals surface area contributed by atoms with Crippen LogP contribution in [0.25, 0.3) is 0 Å². The maximum Gasteiger partial charge on any atom is 0.407 e. The number of alkyl carbamates (subject to hydrolysis) is 1. The zero-order valence-corrected chi connectivity index (χ0v) is 13.3. The first kappa shape index (κ1) is 16.3. The van der Waals surface area contributed by atoms with Crippen LogP contribution in [0.5, 0.6) is 0 Å². The predicted octanol–water partition coefficient (Wildman–Crippen LogP) is 3.63. The third kappa shape index (κ3) is 5.95. The number of aryl methyl sites for hydroxylation is 2. The maximum atomic E-state index is 11.6. The van der Waals surface area contributed by atoms with Gasteiger partial charge in [0.1, 0.15) is 5.60 Å². The van der Waals surface area contributed by atoms with Gasteiger partial charge < -0.3 is 15.4 Å². The van der Waals surface area contributed by atoms with Gasteiger partial charge in [-0.2, -0.15) is 0 Å². The Morgan fingerprint density at radius 3 is 2.45 bits per heavy atom. The fourth-order valence-corrected chi connectivity index (χ4v) is 1.72. The molecule has 0 radical (unpaired) electrons. The molecule has 0 aliphatic carbocycles. The van der Waals surface area contributed by atoms with Crippen molar-refractivity contribution >= 4 is 11.8 Å². The number of benzene rings is 1. The fourth-order valence-electron chi connectivity index (χ4n) is 1.72. The van der Waals surface area contributed by atoms with Crippen molar-refractivity contribution in [3.05, 3.63) is 29.3 Å². The summed E-state index contributed by atoms with van der Waals surface area (Å²) in [6.07, 6.45) is -0.383. The van der Waals surface area contributed by atoms with Gasteiger partial charge in [-0.1, -0.05) is 6.07 Å². The average molecular weight is 278 g/mol. The van der Waals surface area contributed by atoms with Crippen LogP contribution in [0.1, 0.15) is 38.8 Å². The highest BCUT2D eigenvalue weighted by Crippen LogP contribution is 2.14. The van der Waals surface area contributed by atoms with Crippen molar-refractivity contribution < 1.29 is 9.53 Å². The number of carbonyl (C=O) groups excluding carboxylic acids is 1. The lowest BCUT2D eigenvalue weighted by Gasteiger charge is -2.21. The van der Waals surface area contributed by atoms with Crippen molar-refractivity contribution in [1.29, 1.82) is 0 Å². The molecule has 2 N–H and O–H groups in total. The quantitative estimate of drug-likeness (QED) is 0.884. The number of nitrogens with one attached hydrogen (secondary N) is 2. The molecule has 0 aliphatic heterocycles. The molecular formula is C16H26N2O2. The molecule has 1 unspecified atom stereocenters. The minimum absolute atomic E-state index is 0.129. The van der Waals surface area contributed by atoms with Gasteiger partial charge in [0, 0.05) is 18.3 Å². The first-order valence-corrected chi connectivity index (χ1v) is 6.98. The number of rotatable bonds is 4. The lowest BCUT2D eigenvalue weighted by atomic mass is 10.1. The monoisotopic (exact) mass is 278 g/mol. The Hall–Kier alpha value is -1.71. The van der Waals surface area contributed by atoms with E-state index in [0.717, 1.165) is 5.69 Å². The summed E-state index contributed by atoms with van der Waals surface area (Å²) in [5.74, 6) is 0. The average Bonchev–Trinajstić information content (AvgIpc) is 2.29. The molecule has 0 bridgehead atoms. The molecule has 0 saturated heterocycles. The van der Waals surface area contributed by atoms with Crippen molar-refractivity contribution in [1.82, 2.24) is 5.32 Å². The highest BCUT2D eigenvalue weighted by molar-refractivity contribution is 5.67. The number of ether oxygens (including phenoxy) is 1. The molecule has 0 spiro atoms. The lowest BCUT2D eigenvalue weighted by molar-refractivity contribution is 0.0526. The molecule has 4 nitrogen and oxygen atoms in total. The predicted molar refractivity (Wildman–Crippen MR) is 83.2 cm³/mol. The van der Waals surface area contributed by atoms with Crippen LogP contribution < -0.4 is 10.6 Å².